The van der Waals surface area contributed by atoms with E-state index in [-0.39, 0.29) is 3.42 Å². The predicted octanol–water partition coefficient (Wildman–Crippen LogP) is 6.07. The van der Waals surface area contributed by atoms with E-state index in [2.05, 4.69) is 77.2 Å². The lowest BCUT2D eigenvalue weighted by Gasteiger charge is -2.30. The molecular weight excluding hydrogens is 391 g/mol. The molecular formula is C19H14ClI. The molecule has 0 amide bonds. The van der Waals surface area contributed by atoms with Crippen LogP contribution in [0.4, 0.5) is 0 Å². The van der Waals surface area contributed by atoms with Gasteiger partial charge in [-0.3, -0.25) is 0 Å². The summed E-state index contributed by atoms with van der Waals surface area (Å²) in [5.74, 6) is 0. The van der Waals surface area contributed by atoms with Gasteiger partial charge in [0.15, 0.2) is 0 Å². The van der Waals surface area contributed by atoms with Crippen molar-refractivity contribution in [3.8, 4) is 0 Å². The lowest BCUT2D eigenvalue weighted by Crippen LogP contribution is -2.21. The fourth-order valence-corrected chi connectivity index (χ4v) is 4.18. The van der Waals surface area contributed by atoms with Crippen molar-refractivity contribution in [2.75, 3.05) is 0 Å². The van der Waals surface area contributed by atoms with Crippen LogP contribution in [0.15, 0.2) is 84.9 Å². The Morgan fingerprint density at radius 2 is 1.05 bits per heavy atom. The molecule has 0 aromatic heterocycles. The summed E-state index contributed by atoms with van der Waals surface area (Å²) in [6, 6.07) is 29.1. The molecule has 0 heterocycles. The second-order valence-corrected chi connectivity index (χ2v) is 6.90. The van der Waals surface area contributed by atoms with Gasteiger partial charge in [0.2, 0.25) is 0 Å². The Balaban J connectivity index is 2.29. The van der Waals surface area contributed by atoms with Gasteiger partial charge in [0, 0.05) is 5.02 Å². The molecule has 0 atom stereocenters. The van der Waals surface area contributed by atoms with Crippen LogP contribution >= 0.6 is 34.2 Å². The van der Waals surface area contributed by atoms with Crippen LogP contribution in [-0.4, -0.2) is 0 Å². The number of benzene rings is 3. The van der Waals surface area contributed by atoms with Crippen LogP contribution in [0.1, 0.15) is 16.7 Å². The molecule has 2 heteroatoms. The van der Waals surface area contributed by atoms with Gasteiger partial charge in [-0.05, 0) is 22.8 Å². The Labute approximate surface area is 143 Å². The van der Waals surface area contributed by atoms with E-state index in [0.717, 1.165) is 10.6 Å². The molecule has 3 aromatic rings. The molecule has 0 aliphatic heterocycles. The number of hydrogen-bond acceptors (Lipinski definition) is 0. The zero-order valence-electron chi connectivity index (χ0n) is 11.3. The Hall–Kier alpha value is -1.32. The molecule has 21 heavy (non-hydrogen) atoms. The van der Waals surface area contributed by atoms with Crippen molar-refractivity contribution in [1.82, 2.24) is 0 Å². The van der Waals surface area contributed by atoms with E-state index in [4.69, 9.17) is 11.6 Å². The first-order chi connectivity index (χ1) is 10.2. The minimum Gasteiger partial charge on any atom is -0.0840 e. The van der Waals surface area contributed by atoms with Gasteiger partial charge in [0.05, 0.1) is 3.42 Å². The molecule has 3 aromatic carbocycles. The molecule has 0 radical (unpaired) electrons. The third kappa shape index (κ3) is 2.72. The van der Waals surface area contributed by atoms with Gasteiger partial charge in [-0.25, -0.2) is 0 Å². The van der Waals surface area contributed by atoms with Crippen LogP contribution in [0.2, 0.25) is 5.02 Å². The van der Waals surface area contributed by atoms with Crippen LogP contribution < -0.4 is 0 Å². The van der Waals surface area contributed by atoms with Crippen LogP contribution in [0.25, 0.3) is 0 Å². The van der Waals surface area contributed by atoms with Crippen LogP contribution in [0.5, 0.6) is 0 Å². The minimum atomic E-state index is -0.293. The third-order valence-corrected chi connectivity index (χ3v) is 5.74. The quantitative estimate of drug-likeness (QED) is 0.282. The van der Waals surface area contributed by atoms with Crippen LogP contribution in [0, 0.1) is 0 Å². The highest BCUT2D eigenvalue weighted by molar-refractivity contribution is 14.1. The minimum absolute atomic E-state index is 0.293. The summed E-state index contributed by atoms with van der Waals surface area (Å²) in [5, 5.41) is 0.791. The van der Waals surface area contributed by atoms with E-state index in [9.17, 15) is 0 Å². The second-order valence-electron chi connectivity index (χ2n) is 4.87. The third-order valence-electron chi connectivity index (χ3n) is 3.59. The first-order valence-corrected chi connectivity index (χ1v) is 8.23. The molecule has 0 N–H and O–H groups in total. The summed E-state index contributed by atoms with van der Waals surface area (Å²) >= 11 is 9.02. The van der Waals surface area contributed by atoms with Gasteiger partial charge in [-0.2, -0.15) is 0 Å². The normalized spacial score (nSPS) is 11.3. The lowest BCUT2D eigenvalue weighted by atomic mass is 9.85. The summed E-state index contributed by atoms with van der Waals surface area (Å²) in [4.78, 5) is 0. The van der Waals surface area contributed by atoms with E-state index < -0.39 is 0 Å². The first-order valence-electron chi connectivity index (χ1n) is 6.78. The maximum absolute atomic E-state index is 6.50. The highest BCUT2D eigenvalue weighted by Crippen LogP contribution is 2.47. The molecule has 0 spiro atoms. The lowest BCUT2D eigenvalue weighted by molar-refractivity contribution is 0.940. The van der Waals surface area contributed by atoms with Gasteiger partial charge in [0.25, 0.3) is 0 Å². The molecule has 0 saturated carbocycles. The molecule has 104 valence electrons. The van der Waals surface area contributed by atoms with Crippen molar-refractivity contribution >= 4 is 34.2 Å². The Bertz CT molecular complexity index is 683. The van der Waals surface area contributed by atoms with Gasteiger partial charge < -0.3 is 0 Å². The van der Waals surface area contributed by atoms with E-state index in [0.29, 0.717) is 0 Å². The predicted molar refractivity (Wildman–Crippen MR) is 98.2 cm³/mol. The first kappa shape index (κ1) is 14.6. The van der Waals surface area contributed by atoms with E-state index >= 15 is 0 Å². The zero-order valence-corrected chi connectivity index (χ0v) is 14.3. The van der Waals surface area contributed by atoms with Crippen molar-refractivity contribution in [2.45, 2.75) is 3.42 Å². The second kappa shape index (κ2) is 6.20. The summed E-state index contributed by atoms with van der Waals surface area (Å²) in [7, 11) is 0. The molecule has 0 nitrogen and oxygen atoms in total. The molecule has 3 rings (SSSR count). The van der Waals surface area contributed by atoms with Crippen LogP contribution in [0.3, 0.4) is 0 Å². The highest BCUT2D eigenvalue weighted by atomic mass is 127. The number of rotatable bonds is 3. The largest absolute Gasteiger partial charge is 0.0982 e. The smallest absolute Gasteiger partial charge is 0.0840 e. The van der Waals surface area contributed by atoms with Crippen molar-refractivity contribution < 1.29 is 0 Å². The van der Waals surface area contributed by atoms with E-state index in [1.165, 1.54) is 11.1 Å². The van der Waals surface area contributed by atoms with Gasteiger partial charge in [0.1, 0.15) is 0 Å². The average Bonchev–Trinajstić information content (AvgIpc) is 2.56. The maximum atomic E-state index is 6.50. The highest BCUT2D eigenvalue weighted by Gasteiger charge is 2.34. The number of alkyl halides is 1. The zero-order chi connectivity index (χ0) is 14.7. The van der Waals surface area contributed by atoms with Gasteiger partial charge >= 0.3 is 0 Å². The molecule has 0 aliphatic rings. The van der Waals surface area contributed by atoms with Gasteiger partial charge in [-0.15, -0.1) is 0 Å². The maximum Gasteiger partial charge on any atom is 0.0982 e. The molecule has 0 aliphatic carbocycles. The summed E-state index contributed by atoms with van der Waals surface area (Å²) in [6.07, 6.45) is 0. The van der Waals surface area contributed by atoms with E-state index in [1.54, 1.807) is 0 Å². The fourth-order valence-electron chi connectivity index (χ4n) is 2.55. The van der Waals surface area contributed by atoms with Crippen molar-refractivity contribution in [1.29, 1.82) is 0 Å². The Morgan fingerprint density at radius 1 is 0.619 bits per heavy atom. The van der Waals surface area contributed by atoms with E-state index in [1.807, 2.05) is 30.3 Å². The molecule has 0 unspecified atom stereocenters. The van der Waals surface area contributed by atoms with Gasteiger partial charge in [-0.1, -0.05) is 113 Å². The summed E-state index contributed by atoms with van der Waals surface area (Å²) in [6.45, 7) is 0. The molecule has 0 saturated heterocycles. The summed E-state index contributed by atoms with van der Waals surface area (Å²) < 4.78 is -0.293. The fraction of sp³-hybridized carbons (Fsp3) is 0.0526. The molecule has 0 fully saturated rings. The van der Waals surface area contributed by atoms with Crippen molar-refractivity contribution in [2.24, 2.45) is 0 Å². The van der Waals surface area contributed by atoms with Crippen LogP contribution in [-0.2, 0) is 3.42 Å². The standard InChI is InChI=1S/C19H14ClI/c20-18-14-8-7-13-17(18)19(21,15-9-3-1-4-10-15)16-11-5-2-6-12-16/h1-14H. The number of halogens is 2. The van der Waals surface area contributed by atoms with Crippen molar-refractivity contribution in [3.05, 3.63) is 107 Å². The topological polar surface area (TPSA) is 0 Å². The monoisotopic (exact) mass is 404 g/mol. The Kier molecular flexibility index (Phi) is 4.32. The SMILES string of the molecule is Clc1ccccc1C(I)(c1ccccc1)c1ccccc1. The van der Waals surface area contributed by atoms with Crippen molar-refractivity contribution in [3.63, 3.8) is 0 Å². The summed E-state index contributed by atoms with van der Waals surface area (Å²) in [5.41, 5.74) is 3.57. The number of hydrogen-bond donors (Lipinski definition) is 0. The molecule has 0 bridgehead atoms. The Morgan fingerprint density at radius 3 is 1.52 bits per heavy atom. The average molecular weight is 405 g/mol.